The van der Waals surface area contributed by atoms with Crippen molar-refractivity contribution in [1.29, 1.82) is 0 Å². The second-order valence-corrected chi connectivity index (χ2v) is 8.31. The van der Waals surface area contributed by atoms with E-state index in [9.17, 15) is 19.2 Å². The normalized spacial score (nSPS) is 18.8. The summed E-state index contributed by atoms with van der Waals surface area (Å²) in [6.45, 7) is 3.53. The van der Waals surface area contributed by atoms with E-state index < -0.39 is 29.1 Å². The Morgan fingerprint density at radius 2 is 1.88 bits per heavy atom. The Morgan fingerprint density at radius 3 is 2.42 bits per heavy atom. The number of rotatable bonds is 6. The molecule has 2 rings (SSSR count). The molecule has 3 atom stereocenters. The zero-order valence-electron chi connectivity index (χ0n) is 14.5. The van der Waals surface area contributed by atoms with E-state index in [4.69, 9.17) is 4.74 Å². The van der Waals surface area contributed by atoms with Gasteiger partial charge in [0.25, 0.3) is 0 Å². The van der Waals surface area contributed by atoms with Crippen LogP contribution < -0.4 is 5.32 Å². The van der Waals surface area contributed by atoms with Crippen LogP contribution in [0.25, 0.3) is 0 Å². The molecule has 1 aromatic carbocycles. The first-order valence-corrected chi connectivity index (χ1v) is 9.92. The summed E-state index contributed by atoms with van der Waals surface area (Å²) < 4.78 is 5.75. The Hall–Kier alpha value is -1.51. The maximum absolute atomic E-state index is 12.8. The number of carbonyl (C=O) groups excluding carboxylic acids is 4. The van der Waals surface area contributed by atoms with Crippen LogP contribution in [0.5, 0.6) is 0 Å². The van der Waals surface area contributed by atoms with E-state index >= 15 is 0 Å². The molecule has 0 spiro atoms. The highest BCUT2D eigenvalue weighted by Crippen LogP contribution is 2.26. The molecule has 8 heteroatoms. The van der Waals surface area contributed by atoms with E-state index in [-0.39, 0.29) is 10.9 Å². The summed E-state index contributed by atoms with van der Waals surface area (Å²) >= 11 is 4.07. The number of benzene rings is 1. The van der Waals surface area contributed by atoms with Crippen LogP contribution in [-0.2, 0) is 19.1 Å². The first-order valence-electron chi connectivity index (χ1n) is 8.25. The zero-order valence-corrected chi connectivity index (χ0v) is 16.9. The third-order valence-corrected chi connectivity index (χ3v) is 5.79. The molecule has 0 radical (unpaired) electrons. The molecule has 1 aliphatic heterocycles. The Labute approximate surface area is 164 Å². The van der Waals surface area contributed by atoms with Crippen molar-refractivity contribution in [2.75, 3.05) is 6.54 Å². The van der Waals surface area contributed by atoms with Gasteiger partial charge < -0.3 is 10.1 Å². The van der Waals surface area contributed by atoms with Crippen molar-refractivity contribution in [1.82, 2.24) is 5.32 Å². The first kappa shape index (κ1) is 20.8. The Morgan fingerprint density at radius 1 is 1.23 bits per heavy atom. The second kappa shape index (κ2) is 9.43. The highest BCUT2D eigenvalue weighted by atomic mass is 79.9. The summed E-state index contributed by atoms with van der Waals surface area (Å²) in [4.78, 5) is 48.7. The van der Waals surface area contributed by atoms with E-state index in [1.807, 2.05) is 0 Å². The molecule has 1 fully saturated rings. The number of ether oxygens (including phenoxy) is 1. The van der Waals surface area contributed by atoms with Gasteiger partial charge in [0, 0.05) is 17.0 Å². The van der Waals surface area contributed by atoms with Gasteiger partial charge >= 0.3 is 11.9 Å². The average molecular weight is 442 g/mol. The quantitative estimate of drug-likeness (QED) is 0.412. The van der Waals surface area contributed by atoms with Crippen LogP contribution in [0.4, 0.5) is 0 Å². The second-order valence-electron chi connectivity index (χ2n) is 6.08. The van der Waals surface area contributed by atoms with Crippen molar-refractivity contribution < 1.29 is 23.9 Å². The predicted octanol–water partition coefficient (Wildman–Crippen LogP) is 2.74. The molecular formula is C18H20BrNO5S. The van der Waals surface area contributed by atoms with Crippen LogP contribution >= 0.6 is 27.7 Å². The van der Waals surface area contributed by atoms with E-state index in [0.29, 0.717) is 18.5 Å². The van der Waals surface area contributed by atoms with E-state index in [0.717, 1.165) is 22.7 Å². The lowest BCUT2D eigenvalue weighted by Crippen LogP contribution is -2.38. The Bertz CT molecular complexity index is 700. The lowest BCUT2D eigenvalue weighted by molar-refractivity contribution is -0.163. The predicted molar refractivity (Wildman–Crippen MR) is 102 cm³/mol. The molecule has 140 valence electrons. The summed E-state index contributed by atoms with van der Waals surface area (Å²) in [6, 6.07) is 6.16. The maximum Gasteiger partial charge on any atom is 0.330 e. The van der Waals surface area contributed by atoms with Crippen molar-refractivity contribution in [3.8, 4) is 0 Å². The summed E-state index contributed by atoms with van der Waals surface area (Å²) in [5, 5.41) is 1.72. The van der Waals surface area contributed by atoms with Crippen LogP contribution in [0, 0.1) is 5.92 Å². The molecule has 0 amide bonds. The topological polar surface area (TPSA) is 89.5 Å². The number of Topliss-reactive ketones (excluding diaryl/α,β-unsaturated/α-hetero) is 1. The van der Waals surface area contributed by atoms with Gasteiger partial charge in [-0.1, -0.05) is 46.7 Å². The SMILES string of the molecule is CC(=O)SC(C(=O)c1ccc(Br)cc1)C(C)C(=O)OC(=O)[C@@H]1CCCN1. The first-order chi connectivity index (χ1) is 12.3. The van der Waals surface area contributed by atoms with Gasteiger partial charge in [0.05, 0.1) is 11.2 Å². The Kier molecular flexibility index (Phi) is 7.55. The van der Waals surface area contributed by atoms with E-state index in [1.54, 1.807) is 24.3 Å². The van der Waals surface area contributed by atoms with Gasteiger partial charge in [0.2, 0.25) is 0 Å². The summed E-state index contributed by atoms with van der Waals surface area (Å²) in [5.41, 5.74) is 0.385. The van der Waals surface area contributed by atoms with Gasteiger partial charge in [-0.15, -0.1) is 0 Å². The lowest BCUT2D eigenvalue weighted by Gasteiger charge is -2.20. The number of hydrogen-bond acceptors (Lipinski definition) is 7. The smallest absolute Gasteiger partial charge is 0.330 e. The summed E-state index contributed by atoms with van der Waals surface area (Å²) in [7, 11) is 0. The fourth-order valence-electron chi connectivity index (χ4n) is 2.61. The van der Waals surface area contributed by atoms with Crippen molar-refractivity contribution in [2.45, 2.75) is 38.0 Å². The highest BCUT2D eigenvalue weighted by molar-refractivity contribution is 9.10. The van der Waals surface area contributed by atoms with E-state index in [1.165, 1.54) is 13.8 Å². The van der Waals surface area contributed by atoms with Crippen LogP contribution in [0.3, 0.4) is 0 Å². The van der Waals surface area contributed by atoms with Gasteiger partial charge in [-0.2, -0.15) is 0 Å². The zero-order chi connectivity index (χ0) is 19.3. The van der Waals surface area contributed by atoms with Crippen molar-refractivity contribution in [3.63, 3.8) is 0 Å². The molecule has 1 aliphatic rings. The minimum atomic E-state index is -0.953. The highest BCUT2D eigenvalue weighted by Gasteiger charge is 2.36. The number of nitrogens with one attached hydrogen (secondary N) is 1. The van der Waals surface area contributed by atoms with Gasteiger partial charge in [-0.25, -0.2) is 4.79 Å². The minimum Gasteiger partial charge on any atom is -0.392 e. The lowest BCUT2D eigenvalue weighted by atomic mass is 9.99. The molecule has 0 bridgehead atoms. The summed E-state index contributed by atoms with van der Waals surface area (Å²) in [5.74, 6) is -2.73. The van der Waals surface area contributed by atoms with Gasteiger partial charge in [0.15, 0.2) is 10.9 Å². The van der Waals surface area contributed by atoms with Crippen LogP contribution in [0.15, 0.2) is 28.7 Å². The molecule has 1 N–H and O–H groups in total. The van der Waals surface area contributed by atoms with Crippen molar-refractivity contribution >= 4 is 50.5 Å². The molecular weight excluding hydrogens is 422 g/mol. The minimum absolute atomic E-state index is 0.288. The molecule has 26 heavy (non-hydrogen) atoms. The molecule has 1 aromatic rings. The Balaban J connectivity index is 2.12. The standard InChI is InChI=1S/C18H20BrNO5S/c1-10(17(23)25-18(24)14-4-3-9-20-14)16(26-11(2)21)15(22)12-5-7-13(19)8-6-12/h5-8,10,14,16,20H,3-4,9H2,1-2H3/t10?,14-,16?/m0/s1. The third kappa shape index (κ3) is 5.49. The van der Waals surface area contributed by atoms with Gasteiger partial charge in [0.1, 0.15) is 6.04 Å². The molecule has 1 heterocycles. The molecule has 0 aromatic heterocycles. The molecule has 6 nitrogen and oxygen atoms in total. The molecule has 2 unspecified atom stereocenters. The van der Waals surface area contributed by atoms with Gasteiger partial charge in [-0.3, -0.25) is 14.4 Å². The number of esters is 2. The van der Waals surface area contributed by atoms with Crippen molar-refractivity contribution in [3.05, 3.63) is 34.3 Å². The third-order valence-electron chi connectivity index (χ3n) is 4.05. The number of carbonyl (C=O) groups is 4. The fraction of sp³-hybridized carbons (Fsp3) is 0.444. The average Bonchev–Trinajstić information content (AvgIpc) is 3.13. The number of ketones is 1. The monoisotopic (exact) mass is 441 g/mol. The number of thioether (sulfide) groups is 1. The number of hydrogen-bond donors (Lipinski definition) is 1. The number of halogens is 1. The van der Waals surface area contributed by atoms with E-state index in [2.05, 4.69) is 21.2 Å². The molecule has 0 aliphatic carbocycles. The van der Waals surface area contributed by atoms with Crippen LogP contribution in [0.1, 0.15) is 37.0 Å². The largest absolute Gasteiger partial charge is 0.392 e. The van der Waals surface area contributed by atoms with Crippen LogP contribution in [-0.4, -0.2) is 40.7 Å². The molecule has 0 saturated carbocycles. The summed E-state index contributed by atoms with van der Waals surface area (Å²) in [6.07, 6.45) is 1.46. The maximum atomic E-state index is 12.8. The molecule has 1 saturated heterocycles. The van der Waals surface area contributed by atoms with Gasteiger partial charge in [-0.05, 0) is 31.5 Å². The van der Waals surface area contributed by atoms with Crippen molar-refractivity contribution in [2.24, 2.45) is 5.92 Å². The van der Waals surface area contributed by atoms with Crippen LogP contribution in [0.2, 0.25) is 0 Å². The fourth-order valence-corrected chi connectivity index (χ4v) is 3.79.